The lowest BCUT2D eigenvalue weighted by Crippen LogP contribution is -2.38. The maximum Gasteiger partial charge on any atom is 0.293 e. The predicted molar refractivity (Wildman–Crippen MR) is 103 cm³/mol. The number of carbonyl (C=O) groups is 1. The molecule has 2 rings (SSSR count). The molecule has 0 heterocycles. The zero-order valence-electron chi connectivity index (χ0n) is 15.4. The molecule has 26 heavy (non-hydrogen) atoms. The van der Waals surface area contributed by atoms with Gasteiger partial charge in [-0.25, -0.2) is 0 Å². The lowest BCUT2D eigenvalue weighted by atomic mass is 10.0. The maximum atomic E-state index is 12.9. The lowest BCUT2D eigenvalue weighted by Gasteiger charge is -2.23. The topological polar surface area (TPSA) is 84.3 Å². The molecule has 0 fully saturated rings. The molecular formula is C20H25N3O3. The molecule has 0 bridgehead atoms. The number of benzene rings is 2. The van der Waals surface area contributed by atoms with Crippen LogP contribution >= 0.6 is 0 Å². The van der Waals surface area contributed by atoms with Crippen LogP contribution in [-0.2, 0) is 4.79 Å². The van der Waals surface area contributed by atoms with E-state index in [4.69, 9.17) is 0 Å². The van der Waals surface area contributed by atoms with Crippen molar-refractivity contribution >= 4 is 17.3 Å². The summed E-state index contributed by atoms with van der Waals surface area (Å²) in [7, 11) is 0. The zero-order valence-corrected chi connectivity index (χ0v) is 15.4. The summed E-state index contributed by atoms with van der Waals surface area (Å²) in [5.74, 6) is -0.314. The molecule has 0 unspecified atom stereocenters. The molecule has 138 valence electrons. The summed E-state index contributed by atoms with van der Waals surface area (Å²) >= 11 is 0. The molecule has 0 saturated carbocycles. The Morgan fingerprint density at radius 2 is 1.88 bits per heavy atom. The van der Waals surface area contributed by atoms with Crippen molar-refractivity contribution < 1.29 is 9.72 Å². The van der Waals surface area contributed by atoms with Gasteiger partial charge >= 0.3 is 0 Å². The van der Waals surface area contributed by atoms with Gasteiger partial charge in [-0.1, -0.05) is 49.7 Å². The van der Waals surface area contributed by atoms with Crippen LogP contribution in [-0.4, -0.2) is 16.9 Å². The second-order valence-electron chi connectivity index (χ2n) is 6.47. The van der Waals surface area contributed by atoms with Gasteiger partial charge in [-0.15, -0.1) is 0 Å². The van der Waals surface area contributed by atoms with Gasteiger partial charge < -0.3 is 5.32 Å². The Hall–Kier alpha value is -2.73. The summed E-state index contributed by atoms with van der Waals surface area (Å²) in [5.41, 5.74) is 1.69. The smallest absolute Gasteiger partial charge is 0.293 e. The number of anilines is 1. The summed E-state index contributed by atoms with van der Waals surface area (Å²) in [6.45, 7) is 5.89. The van der Waals surface area contributed by atoms with E-state index in [0.29, 0.717) is 0 Å². The second-order valence-corrected chi connectivity index (χ2v) is 6.47. The number of hydrogen-bond acceptors (Lipinski definition) is 4. The first-order valence-electron chi connectivity index (χ1n) is 8.79. The number of rotatable bonds is 8. The van der Waals surface area contributed by atoms with Crippen molar-refractivity contribution in [1.82, 2.24) is 5.32 Å². The quantitative estimate of drug-likeness (QED) is 0.544. The van der Waals surface area contributed by atoms with Crippen LogP contribution in [0.1, 0.15) is 43.9 Å². The first kappa shape index (κ1) is 19.6. The van der Waals surface area contributed by atoms with E-state index >= 15 is 0 Å². The molecule has 0 spiro atoms. The zero-order chi connectivity index (χ0) is 19.1. The SMILES string of the molecule is CCC[C@H](C)N[C@@H](C(=O)Nc1ccc(C)cc1[N+](=O)[O-])c1ccccc1. The summed E-state index contributed by atoms with van der Waals surface area (Å²) in [4.78, 5) is 23.7. The Balaban J connectivity index is 2.28. The summed E-state index contributed by atoms with van der Waals surface area (Å²) in [6, 6.07) is 13.7. The van der Waals surface area contributed by atoms with Gasteiger partial charge in [0, 0.05) is 12.1 Å². The summed E-state index contributed by atoms with van der Waals surface area (Å²) in [5, 5.41) is 17.4. The standard InChI is InChI=1S/C20H25N3O3/c1-4-8-15(3)21-19(16-9-6-5-7-10-16)20(24)22-17-12-11-14(2)13-18(17)23(25)26/h5-7,9-13,15,19,21H,4,8H2,1-3H3,(H,22,24)/t15-,19+/m0/s1. The Kier molecular flexibility index (Phi) is 6.86. The molecular weight excluding hydrogens is 330 g/mol. The van der Waals surface area contributed by atoms with E-state index in [2.05, 4.69) is 17.6 Å². The first-order chi connectivity index (χ1) is 12.4. The highest BCUT2D eigenvalue weighted by Gasteiger charge is 2.24. The van der Waals surface area contributed by atoms with Crippen molar-refractivity contribution in [2.75, 3.05) is 5.32 Å². The van der Waals surface area contributed by atoms with Crippen molar-refractivity contribution in [3.05, 3.63) is 69.8 Å². The summed E-state index contributed by atoms with van der Waals surface area (Å²) < 4.78 is 0. The molecule has 6 nitrogen and oxygen atoms in total. The fraction of sp³-hybridized carbons (Fsp3) is 0.350. The minimum absolute atomic E-state index is 0.105. The van der Waals surface area contributed by atoms with Gasteiger partial charge in [0.15, 0.2) is 0 Å². The average molecular weight is 355 g/mol. The predicted octanol–water partition coefficient (Wildman–Crippen LogP) is 4.36. The van der Waals surface area contributed by atoms with Gasteiger partial charge in [0.2, 0.25) is 5.91 Å². The Morgan fingerprint density at radius 3 is 2.50 bits per heavy atom. The van der Waals surface area contributed by atoms with Crippen molar-refractivity contribution in [1.29, 1.82) is 0 Å². The van der Waals surface area contributed by atoms with E-state index in [1.807, 2.05) is 37.3 Å². The Labute approximate surface area is 153 Å². The average Bonchev–Trinajstić information content (AvgIpc) is 2.62. The monoisotopic (exact) mass is 355 g/mol. The Morgan fingerprint density at radius 1 is 1.19 bits per heavy atom. The molecule has 0 saturated heterocycles. The van der Waals surface area contributed by atoms with Crippen LogP contribution in [0.2, 0.25) is 0 Å². The number of carbonyl (C=O) groups excluding carboxylic acids is 1. The van der Waals surface area contributed by atoms with E-state index in [1.165, 1.54) is 6.07 Å². The van der Waals surface area contributed by atoms with E-state index in [1.54, 1.807) is 19.1 Å². The molecule has 0 aromatic heterocycles. The van der Waals surface area contributed by atoms with Gasteiger partial charge in [-0.2, -0.15) is 0 Å². The maximum absolute atomic E-state index is 12.9. The van der Waals surface area contributed by atoms with Crippen molar-refractivity contribution in [3.8, 4) is 0 Å². The van der Waals surface area contributed by atoms with E-state index in [9.17, 15) is 14.9 Å². The van der Waals surface area contributed by atoms with Crippen LogP contribution in [0.15, 0.2) is 48.5 Å². The van der Waals surface area contributed by atoms with Crippen LogP contribution in [0, 0.1) is 17.0 Å². The van der Waals surface area contributed by atoms with Gasteiger partial charge in [0.05, 0.1) is 4.92 Å². The summed E-state index contributed by atoms with van der Waals surface area (Å²) in [6.07, 6.45) is 1.93. The van der Waals surface area contributed by atoms with Crippen LogP contribution < -0.4 is 10.6 Å². The minimum Gasteiger partial charge on any atom is -0.319 e. The molecule has 2 aromatic rings. The third-order valence-electron chi connectivity index (χ3n) is 4.18. The van der Waals surface area contributed by atoms with Crippen molar-refractivity contribution in [2.24, 2.45) is 0 Å². The molecule has 0 aliphatic carbocycles. The number of hydrogen-bond donors (Lipinski definition) is 2. The van der Waals surface area contributed by atoms with Gasteiger partial charge in [0.25, 0.3) is 5.69 Å². The Bertz CT molecular complexity index is 762. The third-order valence-corrected chi connectivity index (χ3v) is 4.18. The number of nitro benzene ring substituents is 1. The molecule has 2 N–H and O–H groups in total. The van der Waals surface area contributed by atoms with Crippen LogP contribution in [0.25, 0.3) is 0 Å². The van der Waals surface area contributed by atoms with Gasteiger partial charge in [-0.05, 0) is 37.5 Å². The van der Waals surface area contributed by atoms with Crippen molar-refractivity contribution in [2.45, 2.75) is 45.7 Å². The number of nitrogens with zero attached hydrogens (tertiary/aromatic N) is 1. The highest BCUT2D eigenvalue weighted by molar-refractivity contribution is 5.97. The van der Waals surface area contributed by atoms with Crippen LogP contribution in [0.4, 0.5) is 11.4 Å². The van der Waals surface area contributed by atoms with Gasteiger partial charge in [0.1, 0.15) is 11.7 Å². The number of nitro groups is 1. The molecule has 6 heteroatoms. The number of aryl methyl sites for hydroxylation is 1. The van der Waals surface area contributed by atoms with Gasteiger partial charge in [-0.3, -0.25) is 20.2 Å². The van der Waals surface area contributed by atoms with Crippen LogP contribution in [0.3, 0.4) is 0 Å². The van der Waals surface area contributed by atoms with E-state index in [0.717, 1.165) is 24.0 Å². The normalized spacial score (nSPS) is 13.0. The molecule has 0 aliphatic heterocycles. The lowest BCUT2D eigenvalue weighted by molar-refractivity contribution is -0.384. The molecule has 1 amide bonds. The number of nitrogens with one attached hydrogen (secondary N) is 2. The molecule has 0 aliphatic rings. The minimum atomic E-state index is -0.585. The van der Waals surface area contributed by atoms with Crippen LogP contribution in [0.5, 0.6) is 0 Å². The fourth-order valence-electron chi connectivity index (χ4n) is 2.87. The van der Waals surface area contributed by atoms with E-state index < -0.39 is 11.0 Å². The third kappa shape index (κ3) is 5.13. The molecule has 2 atom stereocenters. The number of amides is 1. The highest BCUT2D eigenvalue weighted by atomic mass is 16.6. The molecule has 2 aromatic carbocycles. The highest BCUT2D eigenvalue weighted by Crippen LogP contribution is 2.27. The van der Waals surface area contributed by atoms with E-state index in [-0.39, 0.29) is 23.3 Å². The van der Waals surface area contributed by atoms with Crippen molar-refractivity contribution in [3.63, 3.8) is 0 Å². The fourth-order valence-corrected chi connectivity index (χ4v) is 2.87. The largest absolute Gasteiger partial charge is 0.319 e. The molecule has 0 radical (unpaired) electrons. The second kappa shape index (κ2) is 9.10. The first-order valence-corrected chi connectivity index (χ1v) is 8.79.